The average Bonchev–Trinajstić information content (AvgIpc) is 2.47. The lowest BCUT2D eigenvalue weighted by Crippen LogP contribution is -2.44. The molecule has 21 heavy (non-hydrogen) atoms. The van der Waals surface area contributed by atoms with Crippen molar-refractivity contribution in [3.05, 3.63) is 28.3 Å². The van der Waals surface area contributed by atoms with E-state index in [0.717, 1.165) is 37.1 Å². The van der Waals surface area contributed by atoms with Crippen LogP contribution in [-0.4, -0.2) is 35.7 Å². The van der Waals surface area contributed by atoms with E-state index in [1.165, 1.54) is 16.7 Å². The van der Waals surface area contributed by atoms with E-state index in [0.29, 0.717) is 6.54 Å². The molecule has 4 nitrogen and oxygen atoms in total. The lowest BCUT2D eigenvalue weighted by molar-refractivity contribution is -0.144. The number of nitrogens with zero attached hydrogens (tertiary/aromatic N) is 1. The molecule has 1 aromatic rings. The van der Waals surface area contributed by atoms with Crippen LogP contribution in [0.4, 0.5) is 0 Å². The van der Waals surface area contributed by atoms with Crippen molar-refractivity contribution in [1.29, 1.82) is 0 Å². The Morgan fingerprint density at radius 3 is 2.67 bits per heavy atom. The largest absolute Gasteiger partial charge is 0.496 e. The Balaban J connectivity index is 2.30. The smallest absolute Gasteiger partial charge is 0.320 e. The molecule has 1 N–H and O–H groups in total. The molecule has 1 aliphatic rings. The fraction of sp³-hybridized carbons (Fsp3) is 0.588. The molecule has 1 aromatic carbocycles. The number of hydrogen-bond donors (Lipinski definition) is 1. The molecule has 0 aromatic heterocycles. The van der Waals surface area contributed by atoms with Gasteiger partial charge in [-0.15, -0.1) is 0 Å². The van der Waals surface area contributed by atoms with Crippen molar-refractivity contribution in [1.82, 2.24) is 4.90 Å². The molecule has 0 spiro atoms. The number of likely N-dealkylation sites (tertiary alicyclic amines) is 1. The average molecular weight is 291 g/mol. The summed E-state index contributed by atoms with van der Waals surface area (Å²) in [4.78, 5) is 13.5. The highest BCUT2D eigenvalue weighted by Gasteiger charge is 2.29. The van der Waals surface area contributed by atoms with Crippen LogP contribution in [-0.2, 0) is 11.3 Å². The van der Waals surface area contributed by atoms with E-state index in [9.17, 15) is 9.90 Å². The van der Waals surface area contributed by atoms with Crippen molar-refractivity contribution in [3.8, 4) is 5.75 Å². The Labute approximate surface area is 126 Å². The van der Waals surface area contributed by atoms with Crippen LogP contribution in [0.2, 0.25) is 0 Å². The van der Waals surface area contributed by atoms with Gasteiger partial charge >= 0.3 is 5.97 Å². The van der Waals surface area contributed by atoms with E-state index in [2.05, 4.69) is 31.7 Å². The van der Waals surface area contributed by atoms with Crippen LogP contribution in [0.15, 0.2) is 6.07 Å². The molecule has 1 fully saturated rings. The second kappa shape index (κ2) is 6.48. The van der Waals surface area contributed by atoms with Crippen LogP contribution < -0.4 is 4.74 Å². The summed E-state index contributed by atoms with van der Waals surface area (Å²) in [5.41, 5.74) is 4.76. The summed E-state index contributed by atoms with van der Waals surface area (Å²) in [6, 6.07) is 1.71. The first kappa shape index (κ1) is 15.8. The van der Waals surface area contributed by atoms with E-state index in [1.54, 1.807) is 7.11 Å². The molecule has 0 aliphatic carbocycles. The Bertz CT molecular complexity index is 539. The van der Waals surface area contributed by atoms with Gasteiger partial charge in [-0.1, -0.05) is 6.42 Å². The second-order valence-electron chi connectivity index (χ2n) is 5.94. The lowest BCUT2D eigenvalue weighted by Gasteiger charge is -2.34. The number of hydrogen-bond acceptors (Lipinski definition) is 3. The molecular formula is C17H25NO3. The SMILES string of the molecule is COc1cc(C)c(CN2CCCCC2C(=O)O)c(C)c1C. The maximum absolute atomic E-state index is 11.4. The monoisotopic (exact) mass is 291 g/mol. The van der Waals surface area contributed by atoms with Gasteiger partial charge in [-0.3, -0.25) is 9.69 Å². The second-order valence-corrected chi connectivity index (χ2v) is 5.94. The van der Waals surface area contributed by atoms with Gasteiger partial charge in [-0.2, -0.15) is 0 Å². The zero-order chi connectivity index (χ0) is 15.6. The van der Waals surface area contributed by atoms with Crippen LogP contribution in [0, 0.1) is 20.8 Å². The predicted octanol–water partition coefficient (Wildman–Crippen LogP) is 3.06. The third-order valence-corrected chi connectivity index (χ3v) is 4.69. The summed E-state index contributed by atoms with van der Waals surface area (Å²) in [7, 11) is 1.69. The third kappa shape index (κ3) is 3.21. The summed E-state index contributed by atoms with van der Waals surface area (Å²) in [5.74, 6) is 0.206. The maximum atomic E-state index is 11.4. The predicted molar refractivity (Wildman–Crippen MR) is 82.9 cm³/mol. The van der Waals surface area contributed by atoms with Crippen molar-refractivity contribution in [2.75, 3.05) is 13.7 Å². The summed E-state index contributed by atoms with van der Waals surface area (Å²) in [6.07, 6.45) is 2.84. The van der Waals surface area contributed by atoms with E-state index in [-0.39, 0.29) is 6.04 Å². The first-order valence-corrected chi connectivity index (χ1v) is 7.56. The quantitative estimate of drug-likeness (QED) is 0.926. The first-order valence-electron chi connectivity index (χ1n) is 7.56. The molecule has 0 bridgehead atoms. The number of benzene rings is 1. The molecule has 4 heteroatoms. The van der Waals surface area contributed by atoms with Crippen molar-refractivity contribution in [3.63, 3.8) is 0 Å². The lowest BCUT2D eigenvalue weighted by atomic mass is 9.94. The van der Waals surface area contributed by atoms with Gasteiger partial charge in [0.1, 0.15) is 11.8 Å². The molecule has 1 atom stereocenters. The van der Waals surface area contributed by atoms with Gasteiger partial charge in [0.15, 0.2) is 0 Å². The van der Waals surface area contributed by atoms with Crippen molar-refractivity contribution >= 4 is 5.97 Å². The Hall–Kier alpha value is -1.55. The number of ether oxygens (including phenoxy) is 1. The van der Waals surface area contributed by atoms with Gasteiger partial charge in [-0.25, -0.2) is 0 Å². The number of piperidine rings is 1. The zero-order valence-corrected chi connectivity index (χ0v) is 13.4. The Kier molecular flexibility index (Phi) is 4.88. The molecule has 1 aliphatic heterocycles. The number of carboxylic acid groups (broad SMARTS) is 1. The number of methoxy groups -OCH3 is 1. The number of aryl methyl sites for hydroxylation is 1. The Morgan fingerprint density at radius 1 is 1.33 bits per heavy atom. The minimum Gasteiger partial charge on any atom is -0.496 e. The van der Waals surface area contributed by atoms with E-state index < -0.39 is 5.97 Å². The summed E-state index contributed by atoms with van der Waals surface area (Å²) in [6.45, 7) is 7.80. The minimum absolute atomic E-state index is 0.347. The van der Waals surface area contributed by atoms with E-state index in [1.807, 2.05) is 0 Å². The third-order valence-electron chi connectivity index (χ3n) is 4.69. The summed E-state index contributed by atoms with van der Waals surface area (Å²) in [5, 5.41) is 9.40. The van der Waals surface area contributed by atoms with Crippen molar-refractivity contribution in [2.24, 2.45) is 0 Å². The molecule has 2 rings (SSSR count). The van der Waals surface area contributed by atoms with Crippen LogP contribution in [0.1, 0.15) is 41.5 Å². The van der Waals surface area contributed by atoms with Crippen LogP contribution in [0.25, 0.3) is 0 Å². The molecular weight excluding hydrogens is 266 g/mol. The zero-order valence-electron chi connectivity index (χ0n) is 13.4. The highest BCUT2D eigenvalue weighted by molar-refractivity contribution is 5.73. The molecule has 0 radical (unpaired) electrons. The van der Waals surface area contributed by atoms with Gasteiger partial charge < -0.3 is 9.84 Å². The molecule has 0 saturated carbocycles. The Morgan fingerprint density at radius 2 is 2.05 bits per heavy atom. The number of aliphatic carboxylic acids is 1. The topological polar surface area (TPSA) is 49.8 Å². The number of carboxylic acids is 1. The van der Waals surface area contributed by atoms with Gasteiger partial charge in [-0.05, 0) is 68.5 Å². The molecule has 116 valence electrons. The molecule has 1 heterocycles. The van der Waals surface area contributed by atoms with Crippen molar-refractivity contribution < 1.29 is 14.6 Å². The minimum atomic E-state index is -0.699. The first-order chi connectivity index (χ1) is 9.95. The molecule has 0 amide bonds. The van der Waals surface area contributed by atoms with Gasteiger partial charge in [0.05, 0.1) is 7.11 Å². The standard InChI is InChI=1S/C17H25NO3/c1-11-9-16(21-4)13(3)12(2)14(11)10-18-8-6-5-7-15(18)17(19)20/h9,15H,5-8,10H2,1-4H3,(H,19,20). The van der Waals surface area contributed by atoms with Gasteiger partial charge in [0.25, 0.3) is 0 Å². The fourth-order valence-corrected chi connectivity index (χ4v) is 3.22. The summed E-state index contributed by atoms with van der Waals surface area (Å²) >= 11 is 0. The number of rotatable bonds is 4. The number of carbonyl (C=O) groups is 1. The van der Waals surface area contributed by atoms with Gasteiger partial charge in [0, 0.05) is 6.54 Å². The van der Waals surface area contributed by atoms with E-state index in [4.69, 9.17) is 4.74 Å². The normalized spacial score (nSPS) is 19.5. The van der Waals surface area contributed by atoms with Crippen molar-refractivity contribution in [2.45, 2.75) is 52.6 Å². The van der Waals surface area contributed by atoms with Crippen LogP contribution in [0.5, 0.6) is 5.75 Å². The van der Waals surface area contributed by atoms with E-state index >= 15 is 0 Å². The molecule has 1 saturated heterocycles. The highest BCUT2D eigenvalue weighted by Crippen LogP contribution is 2.30. The fourth-order valence-electron chi connectivity index (χ4n) is 3.22. The summed E-state index contributed by atoms with van der Waals surface area (Å²) < 4.78 is 5.40. The maximum Gasteiger partial charge on any atom is 0.320 e. The molecule has 1 unspecified atom stereocenters. The highest BCUT2D eigenvalue weighted by atomic mass is 16.5. The van der Waals surface area contributed by atoms with Crippen LogP contribution >= 0.6 is 0 Å². The van der Waals surface area contributed by atoms with Crippen LogP contribution in [0.3, 0.4) is 0 Å². The van der Waals surface area contributed by atoms with Gasteiger partial charge in [0.2, 0.25) is 0 Å².